The van der Waals surface area contributed by atoms with E-state index in [1.165, 1.54) is 35.9 Å². The van der Waals surface area contributed by atoms with Gasteiger partial charge >= 0.3 is 17.6 Å². The van der Waals surface area contributed by atoms with E-state index in [-0.39, 0.29) is 42.5 Å². The summed E-state index contributed by atoms with van der Waals surface area (Å²) in [6.07, 6.45) is -6.60. The van der Waals surface area contributed by atoms with Crippen molar-refractivity contribution in [2.45, 2.75) is 38.7 Å². The maximum Gasteiger partial charge on any atom is 0.425 e. The van der Waals surface area contributed by atoms with Crippen molar-refractivity contribution in [1.82, 2.24) is 19.4 Å². The Kier molecular flexibility index (Phi) is 8.41. The lowest BCUT2D eigenvalue weighted by molar-refractivity contribution is -0.189. The number of hydrogen-bond acceptors (Lipinski definition) is 5. The third kappa shape index (κ3) is 6.87. The van der Waals surface area contributed by atoms with E-state index >= 15 is 0 Å². The average Bonchev–Trinajstić information content (AvgIpc) is 2.83. The van der Waals surface area contributed by atoms with Gasteiger partial charge in [0, 0.05) is 25.0 Å². The summed E-state index contributed by atoms with van der Waals surface area (Å²) < 4.78 is 45.2. The Balaban J connectivity index is 2.03. The highest BCUT2D eigenvalue weighted by atomic mass is 35.5. The summed E-state index contributed by atoms with van der Waals surface area (Å²) in [6, 6.07) is 12.1. The van der Waals surface area contributed by atoms with E-state index in [0.29, 0.717) is 10.6 Å². The van der Waals surface area contributed by atoms with Crippen LogP contribution in [0.25, 0.3) is 0 Å². The van der Waals surface area contributed by atoms with Crippen LogP contribution in [-0.2, 0) is 17.9 Å². The zero-order valence-corrected chi connectivity index (χ0v) is 20.1. The molecule has 0 fully saturated rings. The van der Waals surface area contributed by atoms with Crippen molar-refractivity contribution in [2.75, 3.05) is 7.05 Å². The Labute approximate surface area is 207 Å². The van der Waals surface area contributed by atoms with Gasteiger partial charge < -0.3 is 10.1 Å². The first-order valence-electron chi connectivity index (χ1n) is 10.7. The van der Waals surface area contributed by atoms with Crippen molar-refractivity contribution in [3.63, 3.8) is 0 Å². The maximum atomic E-state index is 13.2. The number of nitrogens with one attached hydrogen (secondary N) is 2. The van der Waals surface area contributed by atoms with E-state index in [2.05, 4.69) is 15.3 Å². The fourth-order valence-electron chi connectivity index (χ4n) is 3.08. The molecule has 0 aliphatic carbocycles. The van der Waals surface area contributed by atoms with Gasteiger partial charge in [-0.05, 0) is 48.9 Å². The molecule has 36 heavy (non-hydrogen) atoms. The number of halogens is 4. The molecular formula is C23H23ClF3N5O4. The van der Waals surface area contributed by atoms with Crippen LogP contribution in [0.3, 0.4) is 0 Å². The minimum atomic E-state index is -4.52. The normalized spacial score (nSPS) is 12.9. The molecule has 13 heteroatoms. The molecule has 0 unspecified atom stereocenters. The molecule has 1 heterocycles. The predicted octanol–water partition coefficient (Wildman–Crippen LogP) is 2.74. The van der Waals surface area contributed by atoms with Gasteiger partial charge in [0.05, 0.1) is 12.2 Å². The largest absolute Gasteiger partial charge is 0.481 e. The van der Waals surface area contributed by atoms with E-state index in [1.807, 2.05) is 0 Å². The third-order valence-corrected chi connectivity index (χ3v) is 5.37. The van der Waals surface area contributed by atoms with Gasteiger partial charge in [0.1, 0.15) is 5.75 Å². The predicted molar refractivity (Wildman–Crippen MR) is 126 cm³/mol. The number of carbonyl (C=O) groups is 1. The Morgan fingerprint density at radius 3 is 2.33 bits per heavy atom. The molecule has 2 aromatic carbocycles. The second kappa shape index (κ2) is 11.3. The zero-order chi connectivity index (χ0) is 26.5. The highest BCUT2D eigenvalue weighted by molar-refractivity contribution is 6.30. The number of benzene rings is 2. The van der Waals surface area contributed by atoms with Crippen molar-refractivity contribution >= 4 is 23.2 Å². The SMILES string of the molecule is CNC(=O)CCn1c(=O)[nH]/c(=N\c2ccc(O[C@H](C)C(F)(F)F)cc2)n(Cc2ccc(Cl)cc2)c1=O. The summed E-state index contributed by atoms with van der Waals surface area (Å²) >= 11 is 5.94. The minimum Gasteiger partial charge on any atom is -0.481 e. The Morgan fingerprint density at radius 1 is 1.11 bits per heavy atom. The summed E-state index contributed by atoms with van der Waals surface area (Å²) in [5, 5.41) is 2.93. The molecule has 0 aliphatic heterocycles. The second-order valence-electron chi connectivity index (χ2n) is 7.73. The Morgan fingerprint density at radius 2 is 1.75 bits per heavy atom. The molecule has 192 valence electrons. The fourth-order valence-corrected chi connectivity index (χ4v) is 3.21. The molecule has 1 atom stereocenters. The summed E-state index contributed by atoms with van der Waals surface area (Å²) in [4.78, 5) is 44.3. The highest BCUT2D eigenvalue weighted by Crippen LogP contribution is 2.26. The van der Waals surface area contributed by atoms with E-state index in [9.17, 15) is 27.6 Å². The van der Waals surface area contributed by atoms with Crippen molar-refractivity contribution in [1.29, 1.82) is 0 Å². The summed E-state index contributed by atoms with van der Waals surface area (Å²) in [5.74, 6) is -0.368. The molecule has 3 aromatic rings. The van der Waals surface area contributed by atoms with E-state index in [0.717, 1.165) is 11.5 Å². The van der Waals surface area contributed by atoms with E-state index in [1.54, 1.807) is 24.3 Å². The molecule has 3 rings (SSSR count). The van der Waals surface area contributed by atoms with Gasteiger partial charge in [-0.25, -0.2) is 19.1 Å². The number of amides is 1. The van der Waals surface area contributed by atoms with Crippen molar-refractivity contribution < 1.29 is 22.7 Å². The van der Waals surface area contributed by atoms with Gasteiger partial charge in [0.2, 0.25) is 11.5 Å². The van der Waals surface area contributed by atoms with Crippen LogP contribution in [-0.4, -0.2) is 39.4 Å². The first kappa shape index (κ1) is 26.8. The van der Waals surface area contributed by atoms with Crippen LogP contribution in [0, 0.1) is 0 Å². The number of aromatic nitrogens is 3. The Bertz CT molecular complexity index is 1390. The minimum absolute atomic E-state index is 0.0223. The molecule has 0 radical (unpaired) electrons. The van der Waals surface area contributed by atoms with Gasteiger partial charge in [-0.2, -0.15) is 13.2 Å². The number of hydrogen-bond donors (Lipinski definition) is 2. The van der Waals surface area contributed by atoms with Gasteiger partial charge in [-0.1, -0.05) is 23.7 Å². The third-order valence-electron chi connectivity index (χ3n) is 5.12. The number of H-pyrrole nitrogens is 1. The number of aromatic amines is 1. The molecule has 1 aromatic heterocycles. The first-order valence-corrected chi connectivity index (χ1v) is 11.1. The maximum absolute atomic E-state index is 13.2. The van der Waals surface area contributed by atoms with Gasteiger partial charge in [0.15, 0.2) is 6.10 Å². The topological polar surface area (TPSA) is 110 Å². The molecule has 1 amide bonds. The number of ether oxygens (including phenoxy) is 1. The quantitative estimate of drug-likeness (QED) is 0.471. The lowest BCUT2D eigenvalue weighted by Gasteiger charge is -2.17. The van der Waals surface area contributed by atoms with Gasteiger partial charge in [0.25, 0.3) is 0 Å². The monoisotopic (exact) mass is 525 g/mol. The molecular weight excluding hydrogens is 503 g/mol. The standard InChI is InChI=1S/C23H23ClF3N5O4/c1-14(23(25,26)27)36-18-9-7-17(8-10-18)29-20-30-21(34)31(12-11-19(33)28-2)22(35)32(20)13-15-3-5-16(24)6-4-15/h3-10,14H,11-13H2,1-2H3,(H,28,33)(H,29,30,34)/t14-/m1/s1. The van der Waals surface area contributed by atoms with Crippen molar-refractivity contribution in [2.24, 2.45) is 4.99 Å². The van der Waals surface area contributed by atoms with Crippen LogP contribution in [0.15, 0.2) is 63.1 Å². The van der Waals surface area contributed by atoms with Gasteiger partial charge in [-0.3, -0.25) is 14.3 Å². The molecule has 0 saturated carbocycles. The molecule has 0 bridgehead atoms. The van der Waals surface area contributed by atoms with Crippen molar-refractivity contribution in [3.8, 4) is 5.75 Å². The number of rotatable bonds is 8. The fraction of sp³-hybridized carbons (Fsp3) is 0.304. The molecule has 0 saturated heterocycles. The lowest BCUT2D eigenvalue weighted by atomic mass is 10.2. The lowest BCUT2D eigenvalue weighted by Crippen LogP contribution is -2.50. The van der Waals surface area contributed by atoms with Crippen LogP contribution < -0.4 is 27.1 Å². The zero-order valence-electron chi connectivity index (χ0n) is 19.3. The summed E-state index contributed by atoms with van der Waals surface area (Å²) in [6.45, 7) is 0.760. The number of alkyl halides is 3. The van der Waals surface area contributed by atoms with Gasteiger partial charge in [-0.15, -0.1) is 0 Å². The van der Waals surface area contributed by atoms with Crippen LogP contribution in [0.2, 0.25) is 5.02 Å². The Hall–Kier alpha value is -3.80. The van der Waals surface area contributed by atoms with Crippen LogP contribution in [0.1, 0.15) is 18.9 Å². The van der Waals surface area contributed by atoms with E-state index in [4.69, 9.17) is 16.3 Å². The summed E-state index contributed by atoms with van der Waals surface area (Å²) in [5.41, 5.74) is -0.615. The first-order chi connectivity index (χ1) is 17.0. The molecule has 0 aliphatic rings. The highest BCUT2D eigenvalue weighted by Gasteiger charge is 2.38. The molecule has 0 spiro atoms. The average molecular weight is 526 g/mol. The number of carbonyl (C=O) groups excluding carboxylic acids is 1. The van der Waals surface area contributed by atoms with Crippen LogP contribution in [0.4, 0.5) is 18.9 Å². The molecule has 2 N–H and O–H groups in total. The van der Waals surface area contributed by atoms with Crippen LogP contribution in [0.5, 0.6) is 5.75 Å². The van der Waals surface area contributed by atoms with Crippen LogP contribution >= 0.6 is 11.6 Å². The van der Waals surface area contributed by atoms with E-state index < -0.39 is 23.7 Å². The second-order valence-corrected chi connectivity index (χ2v) is 8.17. The number of nitrogens with zero attached hydrogens (tertiary/aromatic N) is 3. The molecule has 9 nitrogen and oxygen atoms in total. The summed E-state index contributed by atoms with van der Waals surface area (Å²) in [7, 11) is 1.44. The van der Waals surface area contributed by atoms with Crippen molar-refractivity contribution in [3.05, 3.63) is 85.7 Å². The smallest absolute Gasteiger partial charge is 0.425 e.